The van der Waals surface area contributed by atoms with Gasteiger partial charge in [-0.2, -0.15) is 0 Å². The van der Waals surface area contributed by atoms with Crippen molar-refractivity contribution in [2.24, 2.45) is 0 Å². The molecule has 0 spiro atoms. The van der Waals surface area contributed by atoms with E-state index >= 15 is 0 Å². The summed E-state index contributed by atoms with van der Waals surface area (Å²) in [5.41, 5.74) is 6.25. The van der Waals surface area contributed by atoms with Crippen molar-refractivity contribution in [3.63, 3.8) is 0 Å². The molecule has 1 aromatic carbocycles. The number of aliphatic hydroxyl groups is 3. The van der Waals surface area contributed by atoms with Crippen molar-refractivity contribution in [2.45, 2.75) is 37.6 Å². The Kier molecular flexibility index (Phi) is 4.24. The predicted molar refractivity (Wildman–Crippen MR) is 68.6 cm³/mol. The maximum atomic E-state index is 11.9. The van der Waals surface area contributed by atoms with E-state index in [0.717, 1.165) is 0 Å². The Bertz CT molecular complexity index is 476. The maximum Gasteiger partial charge on any atom is 0.340 e. The van der Waals surface area contributed by atoms with E-state index in [1.807, 2.05) is 0 Å². The Morgan fingerprint density at radius 2 is 1.75 bits per heavy atom. The van der Waals surface area contributed by atoms with Crippen molar-refractivity contribution in [3.8, 4) is 0 Å². The van der Waals surface area contributed by atoms with Gasteiger partial charge < -0.3 is 30.5 Å². The summed E-state index contributed by atoms with van der Waals surface area (Å²) in [7, 11) is 0. The third kappa shape index (κ3) is 2.91. The van der Waals surface area contributed by atoms with Crippen LogP contribution in [-0.2, 0) is 9.47 Å². The number of nitrogens with two attached hydrogens (primary N) is 1. The zero-order chi connectivity index (χ0) is 14.9. The molecule has 110 valence electrons. The molecule has 1 heterocycles. The van der Waals surface area contributed by atoms with Gasteiger partial charge in [-0.25, -0.2) is 4.79 Å². The zero-order valence-electron chi connectivity index (χ0n) is 10.8. The smallest absolute Gasteiger partial charge is 0.340 e. The second kappa shape index (κ2) is 5.76. The number of ether oxygens (including phenoxy) is 2. The van der Waals surface area contributed by atoms with Gasteiger partial charge in [-0.1, -0.05) is 0 Å². The summed E-state index contributed by atoms with van der Waals surface area (Å²) >= 11 is 0. The minimum atomic E-state index is -1.51. The Morgan fingerprint density at radius 3 is 2.35 bits per heavy atom. The van der Waals surface area contributed by atoms with Crippen molar-refractivity contribution in [2.75, 3.05) is 5.73 Å². The third-order valence-electron chi connectivity index (χ3n) is 3.18. The number of esters is 1. The second-order valence-corrected chi connectivity index (χ2v) is 4.71. The maximum absolute atomic E-state index is 11.9. The summed E-state index contributed by atoms with van der Waals surface area (Å²) in [5.74, 6) is -0.718. The van der Waals surface area contributed by atoms with Crippen LogP contribution in [0.5, 0.6) is 0 Å². The lowest BCUT2D eigenvalue weighted by Crippen LogP contribution is -2.57. The fourth-order valence-electron chi connectivity index (χ4n) is 1.90. The van der Waals surface area contributed by atoms with Crippen LogP contribution in [-0.4, -0.2) is 52.0 Å². The summed E-state index contributed by atoms with van der Waals surface area (Å²) in [6.07, 6.45) is -6.30. The summed E-state index contributed by atoms with van der Waals surface area (Å²) in [6.45, 7) is 1.50. The van der Waals surface area contributed by atoms with Crippen LogP contribution in [0.3, 0.4) is 0 Å². The number of hydrogen-bond acceptors (Lipinski definition) is 7. The van der Waals surface area contributed by atoms with Crippen LogP contribution in [0.1, 0.15) is 17.3 Å². The van der Waals surface area contributed by atoms with Crippen molar-refractivity contribution in [1.29, 1.82) is 0 Å². The van der Waals surface area contributed by atoms with Gasteiger partial charge in [0.25, 0.3) is 0 Å². The predicted octanol–water partition coefficient (Wildman–Crippen LogP) is -0.747. The van der Waals surface area contributed by atoms with Gasteiger partial charge in [-0.15, -0.1) is 0 Å². The van der Waals surface area contributed by atoms with Gasteiger partial charge in [-0.05, 0) is 31.2 Å². The summed E-state index contributed by atoms with van der Waals surface area (Å²) < 4.78 is 10.2. The van der Waals surface area contributed by atoms with E-state index in [4.69, 9.17) is 15.2 Å². The lowest BCUT2D eigenvalue weighted by atomic mass is 10.00. The van der Waals surface area contributed by atoms with Crippen LogP contribution in [0.4, 0.5) is 5.69 Å². The fraction of sp³-hybridized carbons (Fsp3) is 0.462. The number of carbonyl (C=O) groups is 1. The molecule has 7 nitrogen and oxygen atoms in total. The van der Waals surface area contributed by atoms with Gasteiger partial charge in [0.1, 0.15) is 18.3 Å². The zero-order valence-corrected chi connectivity index (χ0v) is 10.8. The summed E-state index contributed by atoms with van der Waals surface area (Å²) in [5, 5.41) is 28.9. The van der Waals surface area contributed by atoms with E-state index in [1.165, 1.54) is 31.2 Å². The molecule has 1 aliphatic heterocycles. The quantitative estimate of drug-likeness (QED) is 0.416. The van der Waals surface area contributed by atoms with E-state index in [9.17, 15) is 20.1 Å². The highest BCUT2D eigenvalue weighted by Crippen LogP contribution is 2.22. The molecule has 2 rings (SSSR count). The molecular formula is C13H17NO6. The number of aliphatic hydroxyl groups excluding tert-OH is 3. The van der Waals surface area contributed by atoms with E-state index in [0.29, 0.717) is 5.69 Å². The summed E-state index contributed by atoms with van der Waals surface area (Å²) in [6, 6.07) is 6.02. The van der Waals surface area contributed by atoms with Crippen molar-refractivity contribution >= 4 is 11.7 Å². The molecule has 0 radical (unpaired) electrons. The van der Waals surface area contributed by atoms with Crippen molar-refractivity contribution in [3.05, 3.63) is 29.8 Å². The first kappa shape index (κ1) is 14.7. The van der Waals surface area contributed by atoms with Crippen LogP contribution >= 0.6 is 0 Å². The lowest BCUT2D eigenvalue weighted by Gasteiger charge is -2.38. The molecule has 0 amide bonds. The number of anilines is 1. The average Bonchev–Trinajstić information content (AvgIpc) is 2.43. The standard InChI is InChI=1S/C13H17NO6/c1-6-9(15)10(16)11(17)13(19-6)20-12(18)7-2-4-8(14)5-3-7/h2-6,9-11,13,15-17H,14H2,1H3/t6-,9-,10+,11+,13-/m0/s1. The summed E-state index contributed by atoms with van der Waals surface area (Å²) in [4.78, 5) is 11.9. The van der Waals surface area contributed by atoms with Crippen LogP contribution in [0, 0.1) is 0 Å². The average molecular weight is 283 g/mol. The molecule has 0 aromatic heterocycles. The Hall–Kier alpha value is -1.67. The second-order valence-electron chi connectivity index (χ2n) is 4.71. The molecule has 5 atom stereocenters. The minimum absolute atomic E-state index is 0.239. The number of nitrogen functional groups attached to an aromatic ring is 1. The lowest BCUT2D eigenvalue weighted by molar-refractivity contribution is -0.276. The van der Waals surface area contributed by atoms with Gasteiger partial charge >= 0.3 is 5.97 Å². The van der Waals surface area contributed by atoms with Gasteiger partial charge in [0.05, 0.1) is 11.7 Å². The van der Waals surface area contributed by atoms with E-state index in [2.05, 4.69) is 0 Å². The highest BCUT2D eigenvalue weighted by Gasteiger charge is 2.43. The molecule has 0 unspecified atom stereocenters. The monoisotopic (exact) mass is 283 g/mol. The molecule has 0 saturated carbocycles. The molecule has 1 fully saturated rings. The van der Waals surface area contributed by atoms with Gasteiger partial charge in [0, 0.05) is 5.69 Å². The first-order valence-corrected chi connectivity index (χ1v) is 6.16. The molecule has 1 saturated heterocycles. The van der Waals surface area contributed by atoms with Crippen molar-refractivity contribution in [1.82, 2.24) is 0 Å². The van der Waals surface area contributed by atoms with E-state index in [-0.39, 0.29) is 5.56 Å². The Labute approximate surface area is 115 Å². The van der Waals surface area contributed by atoms with Crippen molar-refractivity contribution < 1.29 is 29.6 Å². The fourth-order valence-corrected chi connectivity index (χ4v) is 1.90. The minimum Gasteiger partial charge on any atom is -0.429 e. The largest absolute Gasteiger partial charge is 0.429 e. The first-order chi connectivity index (χ1) is 9.40. The molecular weight excluding hydrogens is 266 g/mol. The third-order valence-corrected chi connectivity index (χ3v) is 3.18. The number of rotatable bonds is 2. The Balaban J connectivity index is 2.05. The van der Waals surface area contributed by atoms with Crippen LogP contribution < -0.4 is 5.73 Å². The molecule has 0 aliphatic carbocycles. The normalized spacial score (nSPS) is 33.7. The van der Waals surface area contributed by atoms with Gasteiger partial charge in [-0.3, -0.25) is 0 Å². The Morgan fingerprint density at radius 1 is 1.15 bits per heavy atom. The molecule has 5 N–H and O–H groups in total. The first-order valence-electron chi connectivity index (χ1n) is 6.16. The molecule has 1 aliphatic rings. The van der Waals surface area contributed by atoms with Gasteiger partial charge in [0.2, 0.25) is 6.29 Å². The molecule has 7 heteroatoms. The van der Waals surface area contributed by atoms with Crippen LogP contribution in [0.15, 0.2) is 24.3 Å². The molecule has 0 bridgehead atoms. The number of hydrogen-bond donors (Lipinski definition) is 4. The highest BCUT2D eigenvalue weighted by molar-refractivity contribution is 5.89. The topological polar surface area (TPSA) is 122 Å². The molecule has 1 aromatic rings. The number of benzene rings is 1. The highest BCUT2D eigenvalue weighted by atomic mass is 16.7. The van der Waals surface area contributed by atoms with E-state index in [1.54, 1.807) is 0 Å². The van der Waals surface area contributed by atoms with Crippen LogP contribution in [0.25, 0.3) is 0 Å². The van der Waals surface area contributed by atoms with Crippen LogP contribution in [0.2, 0.25) is 0 Å². The molecule has 20 heavy (non-hydrogen) atoms. The number of carbonyl (C=O) groups excluding carboxylic acids is 1. The van der Waals surface area contributed by atoms with E-state index < -0.39 is 36.7 Å². The SMILES string of the molecule is C[C@@H]1O[C@@H](OC(=O)c2ccc(N)cc2)[C@H](O)[C@H](O)[C@H]1O. The van der Waals surface area contributed by atoms with Gasteiger partial charge in [0.15, 0.2) is 0 Å².